The third kappa shape index (κ3) is 10.1. The van der Waals surface area contributed by atoms with Crippen molar-refractivity contribution in [2.45, 2.75) is 51.9 Å². The SMILES string of the molecule is [C-]#[N+]c1ccc(C[C@H](Nc2nc(NCc3nccn3C)nc(Nc3cccc(CN4CCN(C(=O)OC(C)(C)C)CC4)c3)n2)C(=O)OC)cc1. The van der Waals surface area contributed by atoms with E-state index in [1.807, 2.05) is 56.8 Å². The molecule has 2 aromatic carbocycles. The largest absolute Gasteiger partial charge is 0.467 e. The zero-order chi connectivity index (χ0) is 35.7. The summed E-state index contributed by atoms with van der Waals surface area (Å²) < 4.78 is 12.5. The molecule has 4 aromatic rings. The number of nitrogens with one attached hydrogen (secondary N) is 3. The van der Waals surface area contributed by atoms with E-state index in [4.69, 9.17) is 16.0 Å². The molecule has 50 heavy (non-hydrogen) atoms. The highest BCUT2D eigenvalue weighted by molar-refractivity contribution is 5.79. The van der Waals surface area contributed by atoms with Crippen LogP contribution in [-0.2, 0) is 40.8 Å². The summed E-state index contributed by atoms with van der Waals surface area (Å²) in [5, 5.41) is 9.63. The van der Waals surface area contributed by atoms with Crippen LogP contribution in [0.4, 0.5) is 34.0 Å². The first-order chi connectivity index (χ1) is 24.0. The molecule has 5 rings (SSSR count). The second-order valence-electron chi connectivity index (χ2n) is 12.9. The smallest absolute Gasteiger partial charge is 0.410 e. The van der Waals surface area contributed by atoms with Crippen molar-refractivity contribution in [3.8, 4) is 0 Å². The van der Waals surface area contributed by atoms with E-state index in [1.54, 1.807) is 35.4 Å². The van der Waals surface area contributed by atoms with Crippen molar-refractivity contribution in [2.24, 2.45) is 7.05 Å². The Morgan fingerprint density at radius 2 is 1.70 bits per heavy atom. The average molecular weight is 682 g/mol. The van der Waals surface area contributed by atoms with Crippen molar-refractivity contribution in [3.63, 3.8) is 0 Å². The van der Waals surface area contributed by atoms with Crippen LogP contribution in [0.3, 0.4) is 0 Å². The van der Waals surface area contributed by atoms with Gasteiger partial charge in [0.05, 0.1) is 20.2 Å². The van der Waals surface area contributed by atoms with Crippen molar-refractivity contribution >= 4 is 41.3 Å². The molecule has 0 spiro atoms. The van der Waals surface area contributed by atoms with Crippen LogP contribution in [0.15, 0.2) is 60.9 Å². The Hall–Kier alpha value is -5.75. The van der Waals surface area contributed by atoms with Gasteiger partial charge in [0.25, 0.3) is 0 Å². The summed E-state index contributed by atoms with van der Waals surface area (Å²) in [6.07, 6.45) is 3.56. The highest BCUT2D eigenvalue weighted by Gasteiger charge is 2.26. The van der Waals surface area contributed by atoms with Crippen molar-refractivity contribution < 1.29 is 19.1 Å². The zero-order valence-electron chi connectivity index (χ0n) is 29.0. The number of methoxy groups -OCH3 is 1. The van der Waals surface area contributed by atoms with E-state index in [-0.39, 0.29) is 30.4 Å². The summed E-state index contributed by atoms with van der Waals surface area (Å²) in [6.45, 7) is 16.5. The van der Waals surface area contributed by atoms with Gasteiger partial charge < -0.3 is 34.9 Å². The van der Waals surface area contributed by atoms with Crippen LogP contribution < -0.4 is 16.0 Å². The average Bonchev–Trinajstić information content (AvgIpc) is 3.51. The fourth-order valence-corrected chi connectivity index (χ4v) is 5.28. The Bertz CT molecular complexity index is 1810. The fourth-order valence-electron chi connectivity index (χ4n) is 5.28. The number of carbonyl (C=O) groups is 2. The van der Waals surface area contributed by atoms with Gasteiger partial charge in [0.1, 0.15) is 17.5 Å². The number of hydrogen-bond acceptors (Lipinski definition) is 12. The van der Waals surface area contributed by atoms with E-state index in [0.717, 1.165) is 35.7 Å². The Labute approximate surface area is 291 Å². The normalized spacial score (nSPS) is 14.0. The third-order valence-electron chi connectivity index (χ3n) is 7.87. The van der Waals surface area contributed by atoms with Gasteiger partial charge in [-0.2, -0.15) is 15.0 Å². The van der Waals surface area contributed by atoms with Gasteiger partial charge in [-0.25, -0.2) is 19.4 Å². The molecule has 1 atom stereocenters. The Balaban J connectivity index is 1.31. The van der Waals surface area contributed by atoms with E-state index in [9.17, 15) is 9.59 Å². The number of benzene rings is 2. The number of ether oxygens (including phenoxy) is 2. The van der Waals surface area contributed by atoms with E-state index in [1.165, 1.54) is 7.11 Å². The van der Waals surface area contributed by atoms with Crippen molar-refractivity contribution in [3.05, 3.63) is 89.3 Å². The highest BCUT2D eigenvalue weighted by Crippen LogP contribution is 2.21. The number of carbonyl (C=O) groups excluding carboxylic acids is 2. The molecule has 0 unspecified atom stereocenters. The molecule has 2 aromatic heterocycles. The van der Waals surface area contributed by atoms with Crippen molar-refractivity contribution in [1.82, 2.24) is 34.3 Å². The van der Waals surface area contributed by atoms with Crippen molar-refractivity contribution in [2.75, 3.05) is 49.2 Å². The lowest BCUT2D eigenvalue weighted by molar-refractivity contribution is -0.141. The molecule has 1 fully saturated rings. The molecule has 3 heterocycles. The second-order valence-corrected chi connectivity index (χ2v) is 12.9. The molecule has 0 bridgehead atoms. The van der Waals surface area contributed by atoms with Crippen LogP contribution in [0.25, 0.3) is 4.85 Å². The van der Waals surface area contributed by atoms with Gasteiger partial charge in [-0.05, 0) is 44.0 Å². The topological polar surface area (TPSA) is 156 Å². The maximum Gasteiger partial charge on any atom is 0.410 e. The van der Waals surface area contributed by atoms with Gasteiger partial charge in [-0.3, -0.25) is 4.90 Å². The summed E-state index contributed by atoms with van der Waals surface area (Å²) in [4.78, 5) is 50.9. The van der Waals surface area contributed by atoms with E-state index < -0.39 is 17.6 Å². The molecule has 15 heteroatoms. The fraction of sp³-hybridized carbons (Fsp3) is 0.400. The predicted octanol–water partition coefficient (Wildman–Crippen LogP) is 4.76. The predicted molar refractivity (Wildman–Crippen MR) is 189 cm³/mol. The zero-order valence-corrected chi connectivity index (χ0v) is 29.0. The van der Waals surface area contributed by atoms with Gasteiger partial charge >= 0.3 is 12.1 Å². The summed E-state index contributed by atoms with van der Waals surface area (Å²) >= 11 is 0. The summed E-state index contributed by atoms with van der Waals surface area (Å²) in [7, 11) is 3.23. The molecule has 1 saturated heterocycles. The van der Waals surface area contributed by atoms with Crippen LogP contribution in [0, 0.1) is 6.57 Å². The van der Waals surface area contributed by atoms with Crippen molar-refractivity contribution in [1.29, 1.82) is 0 Å². The Morgan fingerprint density at radius 1 is 0.980 bits per heavy atom. The Morgan fingerprint density at radius 3 is 2.36 bits per heavy atom. The minimum atomic E-state index is -0.810. The lowest BCUT2D eigenvalue weighted by atomic mass is 10.1. The number of anilines is 4. The molecule has 1 aliphatic heterocycles. The number of imidazole rings is 1. The van der Waals surface area contributed by atoms with Crippen LogP contribution in [-0.4, -0.2) is 91.3 Å². The molecule has 15 nitrogen and oxygen atoms in total. The van der Waals surface area contributed by atoms with E-state index >= 15 is 0 Å². The number of hydrogen-bond donors (Lipinski definition) is 3. The molecule has 262 valence electrons. The number of amides is 1. The van der Waals surface area contributed by atoms with Crippen LogP contribution in [0.2, 0.25) is 0 Å². The monoisotopic (exact) mass is 681 g/mol. The van der Waals surface area contributed by atoms with Gasteiger partial charge in [-0.15, -0.1) is 0 Å². The second kappa shape index (κ2) is 16.1. The maximum absolute atomic E-state index is 12.9. The highest BCUT2D eigenvalue weighted by atomic mass is 16.6. The maximum atomic E-state index is 12.9. The van der Waals surface area contributed by atoms with Gasteiger partial charge in [0.15, 0.2) is 5.69 Å². The molecule has 3 N–H and O–H groups in total. The molecular weight excluding hydrogens is 638 g/mol. The molecular formula is C35H43N11O4. The lowest BCUT2D eigenvalue weighted by Gasteiger charge is -2.35. The minimum Gasteiger partial charge on any atom is -0.467 e. The lowest BCUT2D eigenvalue weighted by Crippen LogP contribution is -2.49. The first kappa shape index (κ1) is 35.6. The number of aromatic nitrogens is 5. The molecule has 1 aliphatic rings. The van der Waals surface area contributed by atoms with Crippen LogP contribution >= 0.6 is 0 Å². The number of piperazine rings is 1. The quantitative estimate of drug-likeness (QED) is 0.139. The molecule has 1 amide bonds. The number of aryl methyl sites for hydroxylation is 1. The van der Waals surface area contributed by atoms with Crippen LogP contribution in [0.1, 0.15) is 37.7 Å². The number of rotatable bonds is 12. The summed E-state index contributed by atoms with van der Waals surface area (Å²) in [5.74, 6) is 0.993. The number of nitrogens with zero attached hydrogens (tertiary/aromatic N) is 8. The summed E-state index contributed by atoms with van der Waals surface area (Å²) in [5.41, 5.74) is 2.67. The third-order valence-corrected chi connectivity index (χ3v) is 7.87. The van der Waals surface area contributed by atoms with Gasteiger partial charge in [0, 0.05) is 64.3 Å². The Kier molecular flexibility index (Phi) is 11.4. The first-order valence-corrected chi connectivity index (χ1v) is 16.3. The van der Waals surface area contributed by atoms with Gasteiger partial charge in [0.2, 0.25) is 17.8 Å². The minimum absolute atomic E-state index is 0.164. The van der Waals surface area contributed by atoms with Gasteiger partial charge in [-0.1, -0.05) is 36.4 Å². The number of esters is 1. The van der Waals surface area contributed by atoms with Crippen LogP contribution in [0.5, 0.6) is 0 Å². The standard InChI is InChI=1S/C35H43N11O4/c1-35(2,3)50-34(48)46-18-16-45(17-19-46)23-25-8-7-9-27(20-25)39-32-41-31(38-22-29-37-14-15-44(29)5)42-33(43-32)40-28(30(47)49-6)21-24-10-12-26(36-4)13-11-24/h7-15,20,28H,16-19,21-23H2,1-3,5-6H3,(H3,38,39,40,41,42,43)/t28-/m0/s1. The summed E-state index contributed by atoms with van der Waals surface area (Å²) in [6, 6.07) is 14.2. The molecule has 0 aliphatic carbocycles. The van der Waals surface area contributed by atoms with E-state index in [0.29, 0.717) is 31.9 Å². The first-order valence-electron chi connectivity index (χ1n) is 16.3. The molecule has 0 saturated carbocycles. The molecule has 0 radical (unpaired) electrons. The van der Waals surface area contributed by atoms with E-state index in [2.05, 4.69) is 51.7 Å².